The van der Waals surface area contributed by atoms with Crippen LogP contribution >= 0.6 is 0 Å². The molecule has 1 fully saturated rings. The number of hydrogen-bond acceptors (Lipinski definition) is 4. The van der Waals surface area contributed by atoms with Crippen LogP contribution in [-0.2, 0) is 4.79 Å². The molecule has 150 valence electrons. The number of aryl methyl sites for hydroxylation is 1. The number of benzene rings is 2. The molecule has 6 heteroatoms. The van der Waals surface area contributed by atoms with Gasteiger partial charge in [-0.15, -0.1) is 0 Å². The molecule has 4 rings (SSSR count). The lowest BCUT2D eigenvalue weighted by Crippen LogP contribution is -2.31. The molecule has 2 aromatic carbocycles. The van der Waals surface area contributed by atoms with Crippen LogP contribution in [0.3, 0.4) is 0 Å². The second-order valence-electron chi connectivity index (χ2n) is 7.49. The zero-order valence-corrected chi connectivity index (χ0v) is 16.8. The van der Waals surface area contributed by atoms with Gasteiger partial charge in [-0.3, -0.25) is 9.59 Å². The van der Waals surface area contributed by atoms with Gasteiger partial charge in [0.05, 0.1) is 24.2 Å². The Morgan fingerprint density at radius 3 is 2.79 bits per heavy atom. The quantitative estimate of drug-likeness (QED) is 0.639. The first-order valence-corrected chi connectivity index (χ1v) is 9.99. The van der Waals surface area contributed by atoms with E-state index in [0.717, 1.165) is 41.0 Å². The molecule has 0 bridgehead atoms. The van der Waals surface area contributed by atoms with Crippen molar-refractivity contribution in [2.24, 2.45) is 0 Å². The maximum Gasteiger partial charge on any atom is 0.223 e. The number of ketones is 1. The van der Waals surface area contributed by atoms with Gasteiger partial charge in [0.2, 0.25) is 5.91 Å². The molecule has 2 heterocycles. The second-order valence-corrected chi connectivity index (χ2v) is 7.49. The number of ether oxygens (including phenoxy) is 1. The first-order chi connectivity index (χ1) is 14.1. The number of aromatic amines is 1. The number of carbonyl (C=O) groups excluding carboxylic acids is 2. The van der Waals surface area contributed by atoms with Crippen molar-refractivity contribution < 1.29 is 14.3 Å². The van der Waals surface area contributed by atoms with Crippen LogP contribution in [0.5, 0.6) is 5.75 Å². The summed E-state index contributed by atoms with van der Waals surface area (Å²) in [7, 11) is 1.61. The lowest BCUT2D eigenvalue weighted by molar-refractivity contribution is -0.132. The molecular weight excluding hydrogens is 366 g/mol. The average Bonchev–Trinajstić information content (AvgIpc) is 3.38. The van der Waals surface area contributed by atoms with Gasteiger partial charge in [-0.1, -0.05) is 12.1 Å². The first kappa shape index (κ1) is 19.2. The molecule has 3 aromatic rings. The van der Waals surface area contributed by atoms with Gasteiger partial charge in [-0.2, -0.15) is 0 Å². The molecule has 1 aliphatic rings. The van der Waals surface area contributed by atoms with Crippen molar-refractivity contribution in [3.05, 3.63) is 59.4 Å². The number of amides is 1. The van der Waals surface area contributed by atoms with Gasteiger partial charge < -0.3 is 14.6 Å². The maximum atomic E-state index is 12.9. The van der Waals surface area contributed by atoms with Crippen molar-refractivity contribution in [3.63, 3.8) is 0 Å². The molecule has 0 spiro atoms. The fourth-order valence-corrected chi connectivity index (χ4v) is 4.04. The van der Waals surface area contributed by atoms with Crippen molar-refractivity contribution in [2.75, 3.05) is 13.7 Å². The van der Waals surface area contributed by atoms with Crippen molar-refractivity contribution >= 4 is 22.7 Å². The molecule has 1 N–H and O–H groups in total. The number of imidazole rings is 1. The summed E-state index contributed by atoms with van der Waals surface area (Å²) in [5, 5.41) is 0. The standard InChI is InChI=1S/C23H25N3O3/c1-15-14-16(9-11-21(15)29-2)20(27)10-12-22(28)26-13-5-8-19(26)23-24-17-6-3-4-7-18(17)25-23/h3-4,6-7,9,11,14,19H,5,8,10,12-13H2,1-2H3,(H,24,25)/t19-/m0/s1. The van der Waals surface area contributed by atoms with Crippen LogP contribution in [0, 0.1) is 6.92 Å². The number of para-hydroxylation sites is 2. The Morgan fingerprint density at radius 1 is 1.21 bits per heavy atom. The minimum absolute atomic E-state index is 0.00606. The normalized spacial score (nSPS) is 16.3. The summed E-state index contributed by atoms with van der Waals surface area (Å²) in [6.07, 6.45) is 2.24. The molecule has 6 nitrogen and oxygen atoms in total. The van der Waals surface area contributed by atoms with Crippen molar-refractivity contribution in [2.45, 2.75) is 38.6 Å². The van der Waals surface area contributed by atoms with E-state index in [1.807, 2.05) is 42.2 Å². The van der Waals surface area contributed by atoms with Crippen molar-refractivity contribution in [1.82, 2.24) is 14.9 Å². The highest BCUT2D eigenvalue weighted by Gasteiger charge is 2.32. The SMILES string of the molecule is COc1ccc(C(=O)CCC(=O)N2CCC[C@H]2c2nc3ccccc3[nH]2)cc1C. The zero-order chi connectivity index (χ0) is 20.4. The van der Waals surface area contributed by atoms with Crippen LogP contribution < -0.4 is 4.74 Å². The van der Waals surface area contributed by atoms with E-state index >= 15 is 0 Å². The number of carbonyl (C=O) groups is 2. The first-order valence-electron chi connectivity index (χ1n) is 9.99. The maximum absolute atomic E-state index is 12.9. The van der Waals surface area contributed by atoms with E-state index in [0.29, 0.717) is 12.1 Å². The Hall–Kier alpha value is -3.15. The predicted molar refractivity (Wildman–Crippen MR) is 111 cm³/mol. The van der Waals surface area contributed by atoms with Crippen LogP contribution in [0.25, 0.3) is 11.0 Å². The largest absolute Gasteiger partial charge is 0.496 e. The lowest BCUT2D eigenvalue weighted by atomic mass is 10.0. The van der Waals surface area contributed by atoms with E-state index in [1.54, 1.807) is 19.2 Å². The van der Waals surface area contributed by atoms with E-state index in [1.165, 1.54) is 0 Å². The Balaban J connectivity index is 1.42. The number of nitrogens with one attached hydrogen (secondary N) is 1. The molecular formula is C23H25N3O3. The lowest BCUT2D eigenvalue weighted by Gasteiger charge is -2.23. The van der Waals surface area contributed by atoms with Gasteiger partial charge in [0, 0.05) is 24.9 Å². The number of Topliss-reactive ketones (excluding diaryl/α,β-unsaturated/α-hetero) is 1. The molecule has 1 aromatic heterocycles. The van der Waals surface area contributed by atoms with Crippen LogP contribution in [0.2, 0.25) is 0 Å². The van der Waals surface area contributed by atoms with E-state index < -0.39 is 0 Å². The fraction of sp³-hybridized carbons (Fsp3) is 0.348. The molecule has 1 saturated heterocycles. The molecule has 1 amide bonds. The second kappa shape index (κ2) is 8.07. The number of hydrogen-bond donors (Lipinski definition) is 1. The Bertz CT molecular complexity index is 1020. The number of nitrogens with zero attached hydrogens (tertiary/aromatic N) is 2. The summed E-state index contributed by atoms with van der Waals surface area (Å²) >= 11 is 0. The Labute approximate surface area is 169 Å². The Morgan fingerprint density at radius 2 is 2.03 bits per heavy atom. The summed E-state index contributed by atoms with van der Waals surface area (Å²) < 4.78 is 5.24. The Kier molecular flexibility index (Phi) is 5.34. The summed E-state index contributed by atoms with van der Waals surface area (Å²) in [4.78, 5) is 35.3. The zero-order valence-electron chi connectivity index (χ0n) is 16.8. The molecule has 0 unspecified atom stereocenters. The van der Waals surface area contributed by atoms with Gasteiger partial charge in [0.15, 0.2) is 5.78 Å². The number of H-pyrrole nitrogens is 1. The van der Waals surface area contributed by atoms with E-state index in [9.17, 15) is 9.59 Å². The van der Waals surface area contributed by atoms with Gasteiger partial charge in [-0.25, -0.2) is 4.98 Å². The van der Waals surface area contributed by atoms with Crippen LogP contribution in [0.4, 0.5) is 0 Å². The van der Waals surface area contributed by atoms with Gasteiger partial charge in [0.1, 0.15) is 11.6 Å². The molecule has 0 aliphatic carbocycles. The fourth-order valence-electron chi connectivity index (χ4n) is 4.04. The minimum atomic E-state index is -0.0479. The molecule has 0 saturated carbocycles. The summed E-state index contributed by atoms with van der Waals surface area (Å²) in [6.45, 7) is 2.61. The minimum Gasteiger partial charge on any atom is -0.496 e. The van der Waals surface area contributed by atoms with Gasteiger partial charge >= 0.3 is 0 Å². The number of fused-ring (bicyclic) bond motifs is 1. The highest BCUT2D eigenvalue weighted by Crippen LogP contribution is 2.32. The summed E-state index contributed by atoms with van der Waals surface area (Å²) in [6, 6.07) is 13.2. The van der Waals surface area contributed by atoms with Crippen LogP contribution in [-0.4, -0.2) is 40.2 Å². The summed E-state index contributed by atoms with van der Waals surface area (Å²) in [5.74, 6) is 1.56. The van der Waals surface area contributed by atoms with Crippen LogP contribution in [0.15, 0.2) is 42.5 Å². The van der Waals surface area contributed by atoms with E-state index in [-0.39, 0.29) is 30.6 Å². The molecule has 1 aliphatic heterocycles. The molecule has 29 heavy (non-hydrogen) atoms. The smallest absolute Gasteiger partial charge is 0.223 e. The van der Waals surface area contributed by atoms with Crippen molar-refractivity contribution in [3.8, 4) is 5.75 Å². The van der Waals surface area contributed by atoms with E-state index in [2.05, 4.69) is 9.97 Å². The number of rotatable bonds is 6. The van der Waals surface area contributed by atoms with Gasteiger partial charge in [-0.05, 0) is 55.7 Å². The predicted octanol–water partition coefficient (Wildman–Crippen LogP) is 4.21. The molecule has 0 radical (unpaired) electrons. The number of likely N-dealkylation sites (tertiary alicyclic amines) is 1. The number of methoxy groups -OCH3 is 1. The highest BCUT2D eigenvalue weighted by molar-refractivity contribution is 5.98. The van der Waals surface area contributed by atoms with Gasteiger partial charge in [0.25, 0.3) is 0 Å². The third-order valence-corrected chi connectivity index (χ3v) is 5.58. The highest BCUT2D eigenvalue weighted by atomic mass is 16.5. The third kappa shape index (κ3) is 3.88. The monoisotopic (exact) mass is 391 g/mol. The average molecular weight is 391 g/mol. The third-order valence-electron chi connectivity index (χ3n) is 5.58. The molecule has 1 atom stereocenters. The van der Waals surface area contributed by atoms with E-state index in [4.69, 9.17) is 4.74 Å². The number of aromatic nitrogens is 2. The summed E-state index contributed by atoms with van der Waals surface area (Å²) in [5.41, 5.74) is 3.42. The van der Waals surface area contributed by atoms with Crippen molar-refractivity contribution in [1.29, 1.82) is 0 Å². The van der Waals surface area contributed by atoms with Crippen LogP contribution in [0.1, 0.15) is 53.5 Å². The topological polar surface area (TPSA) is 75.3 Å².